The maximum absolute atomic E-state index is 12.3. The Morgan fingerprint density at radius 1 is 0.173 bits per heavy atom. The summed E-state index contributed by atoms with van der Waals surface area (Å²) in [4.78, 5) is 0. The predicted molar refractivity (Wildman–Crippen MR) is 292 cm³/mol. The summed E-state index contributed by atoms with van der Waals surface area (Å²) in [7, 11) is 0. The Kier molecular flexibility index (Phi) is 12.9. The first-order valence-electron chi connectivity index (χ1n) is 25.4. The molecule has 0 fully saturated rings. The lowest BCUT2D eigenvalue weighted by atomic mass is 9.91. The molecule has 0 spiro atoms. The number of fused-ring (bicyclic) bond motifs is 18. The monoisotopic (exact) mass is 1100 g/mol. The van der Waals surface area contributed by atoms with Gasteiger partial charge in [0.15, 0.2) is 11.5 Å². The van der Waals surface area contributed by atoms with Gasteiger partial charge in [-0.3, -0.25) is 0 Å². The Morgan fingerprint density at radius 3 is 0.531 bits per heavy atom. The third-order valence-corrected chi connectivity index (χ3v) is 15.2. The summed E-state index contributed by atoms with van der Waals surface area (Å²) >= 11 is 0. The van der Waals surface area contributed by atoms with Crippen LogP contribution in [0.25, 0.3) is 0 Å². The number of benzene rings is 9. The lowest BCUT2D eigenvalue weighted by molar-refractivity contribution is 0.367. The van der Waals surface area contributed by atoms with Crippen LogP contribution < -0.4 is 4.74 Å². The van der Waals surface area contributed by atoms with Crippen molar-refractivity contribution in [3.8, 4) is 109 Å². The molecule has 0 radical (unpaired) electrons. The van der Waals surface area contributed by atoms with E-state index >= 15 is 0 Å². The largest absolute Gasteiger partial charge is 0.508 e. The Morgan fingerprint density at radius 2 is 0.321 bits per heavy atom. The second-order valence-corrected chi connectivity index (χ2v) is 20.8. The maximum atomic E-state index is 12.3. The van der Waals surface area contributed by atoms with E-state index in [-0.39, 0.29) is 227 Å². The van der Waals surface area contributed by atoms with Crippen LogP contribution in [0.2, 0.25) is 0 Å². The first kappa shape index (κ1) is 52.4. The molecular weight excluding hydrogens is 1040 g/mol. The van der Waals surface area contributed by atoms with E-state index in [0.29, 0.717) is 0 Å². The fourth-order valence-electron chi connectivity index (χ4n) is 10.8. The molecular formula is C63H52O18. The molecule has 81 heavy (non-hydrogen) atoms. The molecule has 2 aliphatic rings. The van der Waals surface area contributed by atoms with Crippen molar-refractivity contribution in [2.24, 2.45) is 0 Å². The van der Waals surface area contributed by atoms with E-state index in [0.717, 1.165) is 42.5 Å². The quantitative estimate of drug-likeness (QED) is 0.0766. The van der Waals surface area contributed by atoms with Crippen molar-refractivity contribution in [1.29, 1.82) is 0 Å². The summed E-state index contributed by atoms with van der Waals surface area (Å²) in [6.45, 7) is 0. The molecule has 412 valence electrons. The van der Waals surface area contributed by atoms with Crippen molar-refractivity contribution >= 4 is 0 Å². The van der Waals surface area contributed by atoms with E-state index in [1.54, 1.807) is 0 Å². The van der Waals surface area contributed by atoms with Crippen molar-refractivity contribution in [3.63, 3.8) is 0 Å². The minimum absolute atomic E-state index is 0.0315. The molecule has 9 aromatic carbocycles. The van der Waals surface area contributed by atoms with Gasteiger partial charge in [0.1, 0.15) is 92.0 Å². The van der Waals surface area contributed by atoms with E-state index in [9.17, 15) is 86.8 Å². The topological polar surface area (TPSA) is 353 Å². The number of hydrogen-bond donors (Lipinski definition) is 17. The molecule has 0 aliphatic heterocycles. The van der Waals surface area contributed by atoms with E-state index in [2.05, 4.69) is 0 Å². The van der Waals surface area contributed by atoms with Gasteiger partial charge >= 0.3 is 0 Å². The smallest absolute Gasteiger partial charge is 0.211 e. The van der Waals surface area contributed by atoms with Gasteiger partial charge in [0.2, 0.25) is 5.75 Å². The summed E-state index contributed by atoms with van der Waals surface area (Å²) in [6.07, 6.45) is -1.74. The SMILES string of the molecule is Oc1cc(O)c2cc1Cc1cc(c(O)cc1O)Cc1cc(c(O)cc1O)Cc1cc(c(O)cc1Oc1c(O)c3cc(c1O)Cc1cc(c(O)cc1O)Cc1cc(c(O)cc1O)Cc1cc(c(O)cc1O)C3)Cc1cc(c(O)cc1O)C2. The second kappa shape index (κ2) is 20.0. The fourth-order valence-corrected chi connectivity index (χ4v) is 10.8. The van der Waals surface area contributed by atoms with E-state index in [1.165, 1.54) is 60.7 Å². The van der Waals surface area contributed by atoms with Crippen LogP contribution in [-0.2, 0) is 57.8 Å². The molecule has 0 saturated carbocycles. The number of aromatic hydroxyl groups is 17. The maximum Gasteiger partial charge on any atom is 0.211 e. The van der Waals surface area contributed by atoms with E-state index in [4.69, 9.17) is 4.74 Å². The van der Waals surface area contributed by atoms with Gasteiger partial charge in [-0.05, 0) is 144 Å². The Hall–Kier alpha value is -10.6. The molecule has 0 saturated heterocycles. The highest BCUT2D eigenvalue weighted by atomic mass is 16.5. The van der Waals surface area contributed by atoms with Gasteiger partial charge in [0.05, 0.1) is 0 Å². The molecule has 0 unspecified atom stereocenters. The normalized spacial score (nSPS) is 13.1. The molecule has 11 rings (SSSR count). The lowest BCUT2D eigenvalue weighted by Crippen LogP contribution is -2.03. The lowest BCUT2D eigenvalue weighted by Gasteiger charge is -2.21. The highest BCUT2D eigenvalue weighted by molar-refractivity contribution is 5.66. The first-order chi connectivity index (χ1) is 38.5. The van der Waals surface area contributed by atoms with Crippen molar-refractivity contribution in [1.82, 2.24) is 0 Å². The van der Waals surface area contributed by atoms with Crippen LogP contribution in [-0.4, -0.2) is 86.8 Å². The molecule has 0 heterocycles. The van der Waals surface area contributed by atoms with Gasteiger partial charge in [-0.2, -0.15) is 0 Å². The minimum Gasteiger partial charge on any atom is -0.508 e. The van der Waals surface area contributed by atoms with Gasteiger partial charge in [-0.25, -0.2) is 0 Å². The van der Waals surface area contributed by atoms with Gasteiger partial charge in [0, 0.05) is 117 Å². The van der Waals surface area contributed by atoms with Crippen LogP contribution >= 0.6 is 0 Å². The van der Waals surface area contributed by atoms with Crippen molar-refractivity contribution in [3.05, 3.63) is 203 Å². The summed E-state index contributed by atoms with van der Waals surface area (Å²) in [5.74, 6) is -7.56. The third-order valence-electron chi connectivity index (χ3n) is 15.2. The molecule has 17 N–H and O–H groups in total. The standard InChI is InChI=1S/C63H52O18/c64-45-19-46(65)29-2-27(45)1-28-3-30(48(67)20-47(28)66)6-34-10-38(56(75)23-53(34)72)14-42-15-39(11-35-7-31(4-29)51(70)22-52(35)71)59(78)26-60(42)81-63-61(79)43-16-40-12-36(54(73)24-57(40)76)8-32-5-33(50(69)21-49(32)68)9-37-13-41(58(77)25-55(37)74)17-44(18-43)62(63)80/h2-3,5,7,10,12-13,15,18-26,64-80H,1,4,6,8-9,11,14,16-17H2. The third kappa shape index (κ3) is 10.0. The molecule has 0 aromatic heterocycles. The Labute approximate surface area is 460 Å². The van der Waals surface area contributed by atoms with Crippen LogP contribution in [0.1, 0.15) is 100 Å². The zero-order chi connectivity index (χ0) is 57.5. The molecule has 9 aromatic rings. The Balaban J connectivity index is 1.08. The summed E-state index contributed by atoms with van der Waals surface area (Å²) in [5.41, 5.74) is 3.32. The molecule has 0 amide bonds. The molecule has 18 bridgehead atoms. The first-order valence-corrected chi connectivity index (χ1v) is 25.4. The van der Waals surface area contributed by atoms with Crippen LogP contribution in [0.5, 0.6) is 109 Å². The average molecular weight is 1100 g/mol. The second-order valence-electron chi connectivity index (χ2n) is 20.8. The molecule has 18 heteroatoms. The predicted octanol–water partition coefficient (Wildman–Crippen LogP) is 9.42. The fraction of sp³-hybridized carbons (Fsp3) is 0.143. The zero-order valence-corrected chi connectivity index (χ0v) is 42.7. The Bertz CT molecular complexity index is 3990. The number of rotatable bonds is 2. The number of ether oxygens (including phenoxy) is 1. The highest BCUT2D eigenvalue weighted by Gasteiger charge is 2.27. The highest BCUT2D eigenvalue weighted by Crippen LogP contribution is 2.50. The van der Waals surface area contributed by atoms with Gasteiger partial charge < -0.3 is 91.5 Å². The van der Waals surface area contributed by atoms with Crippen molar-refractivity contribution < 1.29 is 91.5 Å². The summed E-state index contributed by atoms with van der Waals surface area (Å²) in [5, 5.41) is 192. The van der Waals surface area contributed by atoms with Crippen LogP contribution in [0, 0.1) is 0 Å². The average Bonchev–Trinajstić information content (AvgIpc) is 3.60. The van der Waals surface area contributed by atoms with E-state index in [1.807, 2.05) is 0 Å². The minimum atomic E-state index is -0.665. The van der Waals surface area contributed by atoms with Gasteiger partial charge in [0.25, 0.3) is 0 Å². The van der Waals surface area contributed by atoms with Crippen molar-refractivity contribution in [2.75, 3.05) is 0 Å². The van der Waals surface area contributed by atoms with Crippen LogP contribution in [0.3, 0.4) is 0 Å². The number of phenols is 17. The zero-order valence-electron chi connectivity index (χ0n) is 42.7. The van der Waals surface area contributed by atoms with Gasteiger partial charge in [-0.15, -0.1) is 0 Å². The number of phenolic OH excluding ortho intramolecular Hbond substituents is 17. The van der Waals surface area contributed by atoms with E-state index < -0.39 is 40.2 Å². The summed E-state index contributed by atoms with van der Waals surface area (Å²) < 4.78 is 6.50. The summed E-state index contributed by atoms with van der Waals surface area (Å²) in [6, 6.07) is 21.9. The number of hydrogen-bond acceptors (Lipinski definition) is 18. The van der Waals surface area contributed by atoms with Crippen LogP contribution in [0.15, 0.2) is 103 Å². The van der Waals surface area contributed by atoms with Crippen molar-refractivity contribution in [2.45, 2.75) is 57.8 Å². The molecule has 18 nitrogen and oxygen atoms in total. The molecule has 2 aliphatic carbocycles. The van der Waals surface area contributed by atoms with Crippen LogP contribution in [0.4, 0.5) is 0 Å². The van der Waals surface area contributed by atoms with Gasteiger partial charge in [-0.1, -0.05) is 0 Å². The molecule has 0 atom stereocenters.